The average Bonchev–Trinajstić information content (AvgIpc) is 1.86. The Morgan fingerprint density at radius 3 is 2.27 bits per heavy atom. The lowest BCUT2D eigenvalue weighted by molar-refractivity contribution is 0.0762. The van der Waals surface area contributed by atoms with Crippen LogP contribution in [0.25, 0.3) is 0 Å². The number of nitrogens with two attached hydrogens (primary N) is 2. The van der Waals surface area contributed by atoms with E-state index in [1.807, 2.05) is 6.92 Å². The Balaban J connectivity index is 3.90. The summed E-state index contributed by atoms with van der Waals surface area (Å²) in [7, 11) is 0. The molecule has 0 aromatic carbocycles. The molecule has 4 heteroatoms. The second-order valence-electron chi connectivity index (χ2n) is 3.44. The van der Waals surface area contributed by atoms with Crippen molar-refractivity contribution < 1.29 is 10.2 Å². The number of hydrogen-bond acceptors (Lipinski definition) is 4. The Labute approximate surface area is 67.2 Å². The maximum Gasteiger partial charge on any atom is 0.120 e. The van der Waals surface area contributed by atoms with Crippen LogP contribution in [-0.2, 0) is 0 Å². The number of rotatable bonds is 4. The predicted molar refractivity (Wildman–Crippen MR) is 43.7 cm³/mol. The van der Waals surface area contributed by atoms with Gasteiger partial charge in [0.05, 0.1) is 5.54 Å². The van der Waals surface area contributed by atoms with E-state index in [0.717, 1.165) is 0 Å². The summed E-state index contributed by atoms with van der Waals surface area (Å²) in [5, 5.41) is 17.7. The van der Waals surface area contributed by atoms with Crippen LogP contribution in [0.3, 0.4) is 0 Å². The molecule has 0 aromatic heterocycles. The van der Waals surface area contributed by atoms with Gasteiger partial charge >= 0.3 is 0 Å². The first-order valence-electron chi connectivity index (χ1n) is 3.73. The van der Waals surface area contributed by atoms with E-state index in [2.05, 4.69) is 0 Å². The molecule has 0 bridgehead atoms. The van der Waals surface area contributed by atoms with E-state index in [0.29, 0.717) is 6.42 Å². The van der Waals surface area contributed by atoms with E-state index < -0.39 is 11.8 Å². The standard InChI is InChI=1S/C7H18N2O2/c1-5(4-10)3-7(2,9)6(8)11/h5-6,10-11H,3-4,8-9H2,1-2H3. The predicted octanol–water partition coefficient (Wildman–Crippen LogP) is -1.00. The molecule has 11 heavy (non-hydrogen) atoms. The van der Waals surface area contributed by atoms with E-state index >= 15 is 0 Å². The lowest BCUT2D eigenvalue weighted by Crippen LogP contribution is -2.53. The van der Waals surface area contributed by atoms with Gasteiger partial charge in [-0.2, -0.15) is 0 Å². The van der Waals surface area contributed by atoms with Crippen LogP contribution in [0.4, 0.5) is 0 Å². The molecule has 4 nitrogen and oxygen atoms in total. The SMILES string of the molecule is CC(CO)CC(C)(N)C(N)O. The quantitative estimate of drug-likeness (QED) is 0.399. The van der Waals surface area contributed by atoms with Crippen molar-refractivity contribution in [3.63, 3.8) is 0 Å². The van der Waals surface area contributed by atoms with Gasteiger partial charge in [0.2, 0.25) is 0 Å². The van der Waals surface area contributed by atoms with Gasteiger partial charge in [0.1, 0.15) is 6.23 Å². The van der Waals surface area contributed by atoms with E-state index in [4.69, 9.17) is 21.7 Å². The van der Waals surface area contributed by atoms with Crippen LogP contribution in [0, 0.1) is 5.92 Å². The monoisotopic (exact) mass is 162 g/mol. The maximum absolute atomic E-state index is 9.00. The maximum atomic E-state index is 9.00. The first kappa shape index (κ1) is 10.8. The third-order valence-electron chi connectivity index (χ3n) is 1.78. The molecule has 0 saturated carbocycles. The Morgan fingerprint density at radius 1 is 1.55 bits per heavy atom. The van der Waals surface area contributed by atoms with Gasteiger partial charge in [0.25, 0.3) is 0 Å². The molecule has 3 atom stereocenters. The molecule has 0 rings (SSSR count). The highest BCUT2D eigenvalue weighted by atomic mass is 16.3. The minimum Gasteiger partial charge on any atom is -0.396 e. The topological polar surface area (TPSA) is 92.5 Å². The molecule has 0 aromatic rings. The Kier molecular flexibility index (Phi) is 3.96. The van der Waals surface area contributed by atoms with Crippen molar-refractivity contribution in [3.8, 4) is 0 Å². The number of aliphatic hydroxyl groups is 2. The normalized spacial score (nSPS) is 22.4. The van der Waals surface area contributed by atoms with Crippen molar-refractivity contribution in [2.24, 2.45) is 17.4 Å². The molecule has 0 saturated heterocycles. The fraction of sp³-hybridized carbons (Fsp3) is 1.00. The van der Waals surface area contributed by atoms with Crippen molar-refractivity contribution in [3.05, 3.63) is 0 Å². The molecule has 0 amide bonds. The fourth-order valence-corrected chi connectivity index (χ4v) is 0.936. The van der Waals surface area contributed by atoms with Crippen LogP contribution in [0.2, 0.25) is 0 Å². The molecule has 0 aliphatic carbocycles. The van der Waals surface area contributed by atoms with Crippen LogP contribution < -0.4 is 11.5 Å². The molecule has 3 unspecified atom stereocenters. The Morgan fingerprint density at radius 2 is 2.00 bits per heavy atom. The number of hydrogen-bond donors (Lipinski definition) is 4. The summed E-state index contributed by atoms with van der Waals surface area (Å²) in [4.78, 5) is 0. The van der Waals surface area contributed by atoms with Crippen LogP contribution in [0.15, 0.2) is 0 Å². The summed E-state index contributed by atoms with van der Waals surface area (Å²) >= 11 is 0. The summed E-state index contributed by atoms with van der Waals surface area (Å²) in [6.45, 7) is 3.59. The molecule has 0 aliphatic rings. The second-order valence-corrected chi connectivity index (χ2v) is 3.44. The minimum atomic E-state index is -1.03. The third-order valence-corrected chi connectivity index (χ3v) is 1.78. The van der Waals surface area contributed by atoms with Crippen molar-refractivity contribution in [2.75, 3.05) is 6.61 Å². The van der Waals surface area contributed by atoms with Crippen molar-refractivity contribution in [1.29, 1.82) is 0 Å². The highest BCUT2D eigenvalue weighted by Crippen LogP contribution is 2.14. The Bertz CT molecular complexity index is 115. The molecular weight excluding hydrogens is 144 g/mol. The summed E-state index contributed by atoms with van der Waals surface area (Å²) in [5.74, 6) is 0.0724. The van der Waals surface area contributed by atoms with Gasteiger partial charge in [-0.15, -0.1) is 0 Å². The molecule has 0 aliphatic heterocycles. The van der Waals surface area contributed by atoms with E-state index in [1.54, 1.807) is 6.92 Å². The smallest absolute Gasteiger partial charge is 0.120 e. The lowest BCUT2D eigenvalue weighted by Gasteiger charge is -2.29. The average molecular weight is 162 g/mol. The van der Waals surface area contributed by atoms with Crippen LogP contribution in [0.5, 0.6) is 0 Å². The second kappa shape index (κ2) is 4.01. The van der Waals surface area contributed by atoms with Crippen molar-refractivity contribution >= 4 is 0 Å². The summed E-state index contributed by atoms with van der Waals surface area (Å²) in [5.41, 5.74) is 10.1. The molecule has 0 radical (unpaired) electrons. The molecular formula is C7H18N2O2. The van der Waals surface area contributed by atoms with E-state index in [9.17, 15) is 0 Å². The van der Waals surface area contributed by atoms with Crippen LogP contribution in [0.1, 0.15) is 20.3 Å². The van der Waals surface area contributed by atoms with Gasteiger partial charge in [-0.1, -0.05) is 6.92 Å². The third kappa shape index (κ3) is 3.67. The van der Waals surface area contributed by atoms with Crippen LogP contribution >= 0.6 is 0 Å². The van der Waals surface area contributed by atoms with Gasteiger partial charge in [-0.05, 0) is 19.3 Å². The zero-order valence-electron chi connectivity index (χ0n) is 7.12. The highest BCUT2D eigenvalue weighted by molar-refractivity contribution is 4.84. The fourth-order valence-electron chi connectivity index (χ4n) is 0.936. The zero-order valence-corrected chi connectivity index (χ0v) is 7.12. The summed E-state index contributed by atoms with van der Waals surface area (Å²) < 4.78 is 0. The van der Waals surface area contributed by atoms with Crippen LogP contribution in [-0.4, -0.2) is 28.6 Å². The van der Waals surface area contributed by atoms with Crippen molar-refractivity contribution in [2.45, 2.75) is 32.0 Å². The first-order chi connectivity index (χ1) is 4.90. The Hall–Kier alpha value is -0.160. The molecule has 0 spiro atoms. The highest BCUT2D eigenvalue weighted by Gasteiger charge is 2.27. The summed E-state index contributed by atoms with van der Waals surface area (Å²) in [6, 6.07) is 0. The van der Waals surface area contributed by atoms with E-state index in [1.165, 1.54) is 0 Å². The van der Waals surface area contributed by atoms with Crippen molar-refractivity contribution in [1.82, 2.24) is 0 Å². The van der Waals surface area contributed by atoms with E-state index in [-0.39, 0.29) is 12.5 Å². The lowest BCUT2D eigenvalue weighted by atomic mass is 9.90. The largest absolute Gasteiger partial charge is 0.396 e. The summed E-state index contributed by atoms with van der Waals surface area (Å²) in [6.07, 6.45) is -0.516. The minimum absolute atomic E-state index is 0.0690. The molecule has 68 valence electrons. The molecule has 0 heterocycles. The van der Waals surface area contributed by atoms with Gasteiger partial charge < -0.3 is 21.7 Å². The molecule has 0 fully saturated rings. The van der Waals surface area contributed by atoms with Gasteiger partial charge in [0, 0.05) is 6.61 Å². The number of aliphatic hydroxyl groups excluding tert-OH is 2. The zero-order chi connectivity index (χ0) is 9.07. The molecule has 6 N–H and O–H groups in total. The first-order valence-corrected chi connectivity index (χ1v) is 3.73. The van der Waals surface area contributed by atoms with Gasteiger partial charge in [0.15, 0.2) is 0 Å². The van der Waals surface area contributed by atoms with Gasteiger partial charge in [-0.3, -0.25) is 0 Å². The van der Waals surface area contributed by atoms with Gasteiger partial charge in [-0.25, -0.2) is 0 Å².